The Labute approximate surface area is 213 Å². The van der Waals surface area contributed by atoms with E-state index in [4.69, 9.17) is 5.11 Å². The maximum Gasteiger partial charge on any atom is 0.416 e. The van der Waals surface area contributed by atoms with Crippen molar-refractivity contribution in [3.63, 3.8) is 0 Å². The molecule has 12 heteroatoms. The van der Waals surface area contributed by atoms with Crippen molar-refractivity contribution < 1.29 is 33.0 Å². The fraction of sp³-hybridized carbons (Fsp3) is 0.280. The summed E-state index contributed by atoms with van der Waals surface area (Å²) >= 11 is 0.917. The number of carbonyl (C=O) groups excluding carboxylic acids is 1. The third-order valence-corrected chi connectivity index (χ3v) is 7.05. The van der Waals surface area contributed by atoms with Gasteiger partial charge in [0, 0.05) is 12.4 Å². The Morgan fingerprint density at radius 1 is 1.16 bits per heavy atom. The number of halogens is 3. The van der Waals surface area contributed by atoms with Crippen molar-refractivity contribution in [1.29, 1.82) is 0 Å². The van der Waals surface area contributed by atoms with Crippen molar-refractivity contribution >= 4 is 45.3 Å². The Balaban J connectivity index is 1.85. The number of nitrogens with zero attached hydrogens (tertiary/aromatic N) is 3. The second-order valence-corrected chi connectivity index (χ2v) is 10.1. The number of amides is 1. The molecular formula is C25H23F3N4O4S. The number of allylic oxidation sites excluding steroid dienone is 1. The number of aliphatic hydroxyl groups is 1. The lowest BCUT2D eigenvalue weighted by Crippen LogP contribution is -2.29. The largest absolute Gasteiger partial charge is 0.480 e. The molecule has 2 heterocycles. The maximum absolute atomic E-state index is 14.1. The molecule has 0 saturated carbocycles. The molecule has 0 bridgehead atoms. The molecule has 4 rings (SSSR count). The zero-order valence-electron chi connectivity index (χ0n) is 20.1. The van der Waals surface area contributed by atoms with Gasteiger partial charge in [0.25, 0.3) is 5.91 Å². The van der Waals surface area contributed by atoms with Crippen molar-refractivity contribution in [2.75, 3.05) is 13.6 Å². The number of aliphatic carboxylic acids is 1. The normalized spacial score (nSPS) is 15.8. The fourth-order valence-electron chi connectivity index (χ4n) is 3.93. The second kappa shape index (κ2) is 9.67. The molecule has 0 radical (unpaired) electrons. The number of hydrogen-bond acceptors (Lipinski definition) is 6. The summed E-state index contributed by atoms with van der Waals surface area (Å²) in [5, 5.41) is 27.0. The van der Waals surface area contributed by atoms with Crippen LogP contribution in [-0.2, 0) is 27.8 Å². The number of aliphatic imine (C=N–C) groups is 1. The van der Waals surface area contributed by atoms with Crippen LogP contribution >= 0.6 is 11.8 Å². The number of thioether (sulfide) groups is 1. The lowest BCUT2D eigenvalue weighted by atomic mass is 9.89. The highest BCUT2D eigenvalue weighted by molar-refractivity contribution is 8.18. The van der Waals surface area contributed by atoms with E-state index in [1.54, 1.807) is 24.4 Å². The number of alkyl halides is 3. The molecule has 3 N–H and O–H groups in total. The number of benzene rings is 2. The van der Waals surface area contributed by atoms with Crippen molar-refractivity contribution in [3.8, 4) is 0 Å². The molecule has 194 valence electrons. The Kier molecular flexibility index (Phi) is 6.91. The van der Waals surface area contributed by atoms with Gasteiger partial charge in [-0.3, -0.25) is 14.7 Å². The van der Waals surface area contributed by atoms with Gasteiger partial charge in [-0.05, 0) is 72.5 Å². The van der Waals surface area contributed by atoms with Crippen molar-refractivity contribution in [2.45, 2.75) is 32.0 Å². The number of nitrogens with one attached hydrogen (secondary N) is 1. The van der Waals surface area contributed by atoms with E-state index in [0.29, 0.717) is 22.0 Å². The predicted molar refractivity (Wildman–Crippen MR) is 134 cm³/mol. The van der Waals surface area contributed by atoms with E-state index in [1.165, 1.54) is 37.9 Å². The molecule has 8 nitrogen and oxygen atoms in total. The summed E-state index contributed by atoms with van der Waals surface area (Å²) in [5.74, 6) is -1.79. The molecule has 0 fully saturated rings. The summed E-state index contributed by atoms with van der Waals surface area (Å²) in [6, 6.07) is 8.75. The molecule has 1 amide bonds. The van der Waals surface area contributed by atoms with Gasteiger partial charge in [0.05, 0.1) is 27.8 Å². The number of H-pyrrole nitrogens is 1. The van der Waals surface area contributed by atoms with Crippen LogP contribution < -0.4 is 0 Å². The van der Waals surface area contributed by atoms with Crippen LogP contribution in [0, 0.1) is 0 Å². The molecule has 1 aromatic heterocycles. The number of hydrogen-bond donors (Lipinski definition) is 3. The number of carboxylic acid groups (broad SMARTS) is 1. The van der Waals surface area contributed by atoms with Crippen molar-refractivity contribution in [3.05, 3.63) is 69.8 Å². The number of rotatable bonds is 6. The minimum absolute atomic E-state index is 0.0870. The smallest absolute Gasteiger partial charge is 0.416 e. The number of aromatic amines is 1. The van der Waals surface area contributed by atoms with Gasteiger partial charge in [-0.25, -0.2) is 0 Å². The van der Waals surface area contributed by atoms with Gasteiger partial charge in [0.15, 0.2) is 5.17 Å². The minimum Gasteiger partial charge on any atom is -0.480 e. The van der Waals surface area contributed by atoms with Crippen LogP contribution in [0.15, 0.2) is 52.5 Å². The molecule has 37 heavy (non-hydrogen) atoms. The van der Waals surface area contributed by atoms with Gasteiger partial charge in [0.2, 0.25) is 0 Å². The fourth-order valence-corrected chi connectivity index (χ4v) is 4.91. The Hall–Kier alpha value is -3.64. The highest BCUT2D eigenvalue weighted by atomic mass is 32.2. The van der Waals surface area contributed by atoms with Crippen molar-refractivity contribution in [2.24, 2.45) is 4.99 Å². The SMILES string of the molecule is CN(CC(=O)O)C1=NC(=O)C(=C(Cc2ccc(C(C)(C)O)cc2C(F)(F)F)c2ccc3[nH]ncc3c2)S1. The molecule has 0 atom stereocenters. The average molecular weight is 533 g/mol. The van der Waals surface area contributed by atoms with Crippen LogP contribution in [0.2, 0.25) is 0 Å². The van der Waals surface area contributed by atoms with Crippen LogP contribution in [0.4, 0.5) is 13.2 Å². The summed E-state index contributed by atoms with van der Waals surface area (Å²) in [7, 11) is 1.46. The first-order valence-electron chi connectivity index (χ1n) is 11.1. The molecule has 1 aliphatic rings. The molecule has 2 aromatic carbocycles. The summed E-state index contributed by atoms with van der Waals surface area (Å²) in [6.07, 6.45) is -3.41. The summed E-state index contributed by atoms with van der Waals surface area (Å²) in [6.45, 7) is 2.39. The van der Waals surface area contributed by atoms with E-state index >= 15 is 0 Å². The standard InChI is InChI=1S/C25H23F3N4O4S/c1-24(2,36)16-6-4-14(18(10-16)25(26,27)28)9-17(13-5-7-19-15(8-13)11-29-31-19)21-22(35)30-23(37-21)32(3)12-20(33)34/h4-8,10-11,36H,9,12H2,1-3H3,(H,29,31)(H,33,34). The number of amidine groups is 1. The molecular weight excluding hydrogens is 509 g/mol. The van der Waals surface area contributed by atoms with E-state index in [9.17, 15) is 27.9 Å². The number of aromatic nitrogens is 2. The van der Waals surface area contributed by atoms with Crippen LogP contribution in [0.25, 0.3) is 16.5 Å². The quantitative estimate of drug-likeness (QED) is 0.403. The second-order valence-electron chi connectivity index (χ2n) is 9.14. The number of likely N-dealkylation sites (N-methyl/N-ethyl adjacent to an activating group) is 1. The minimum atomic E-state index is -4.71. The third-order valence-electron chi connectivity index (χ3n) is 5.84. The van der Waals surface area contributed by atoms with E-state index < -0.39 is 35.8 Å². The van der Waals surface area contributed by atoms with Crippen LogP contribution in [0.3, 0.4) is 0 Å². The van der Waals surface area contributed by atoms with E-state index in [-0.39, 0.29) is 27.6 Å². The third kappa shape index (κ3) is 5.70. The first-order chi connectivity index (χ1) is 17.2. The Morgan fingerprint density at radius 2 is 1.89 bits per heavy atom. The Morgan fingerprint density at radius 3 is 2.54 bits per heavy atom. The van der Waals surface area contributed by atoms with Gasteiger partial charge in [0.1, 0.15) is 6.54 Å². The maximum atomic E-state index is 14.1. The summed E-state index contributed by atoms with van der Waals surface area (Å²) in [5.41, 5.74) is -0.873. The van der Waals surface area contributed by atoms with Crippen molar-refractivity contribution in [1.82, 2.24) is 15.1 Å². The van der Waals surface area contributed by atoms with Gasteiger partial charge >= 0.3 is 12.1 Å². The molecule has 3 aromatic rings. The summed E-state index contributed by atoms with van der Waals surface area (Å²) in [4.78, 5) is 29.4. The van der Waals surface area contributed by atoms with E-state index in [2.05, 4.69) is 15.2 Å². The average Bonchev–Trinajstić information content (AvgIpc) is 3.41. The lowest BCUT2D eigenvalue weighted by molar-refractivity contribution is -0.138. The topological polar surface area (TPSA) is 119 Å². The first kappa shape index (κ1) is 26.4. The van der Waals surface area contributed by atoms with Gasteiger partial charge in [-0.1, -0.05) is 18.2 Å². The van der Waals surface area contributed by atoms with E-state index in [0.717, 1.165) is 17.8 Å². The first-order valence-corrected chi connectivity index (χ1v) is 11.9. The molecule has 0 spiro atoms. The number of carboxylic acids is 1. The summed E-state index contributed by atoms with van der Waals surface area (Å²) < 4.78 is 42.3. The molecule has 0 aliphatic carbocycles. The lowest BCUT2D eigenvalue weighted by Gasteiger charge is -2.22. The van der Waals surface area contributed by atoms with Gasteiger partial charge in [-0.15, -0.1) is 0 Å². The van der Waals surface area contributed by atoms with E-state index in [1.807, 2.05) is 0 Å². The molecule has 0 saturated heterocycles. The van der Waals surface area contributed by atoms with Crippen LogP contribution in [0.5, 0.6) is 0 Å². The van der Waals surface area contributed by atoms with Gasteiger partial charge < -0.3 is 15.1 Å². The Bertz CT molecular complexity index is 1450. The zero-order valence-corrected chi connectivity index (χ0v) is 20.9. The number of fused-ring (bicyclic) bond motifs is 1. The highest BCUT2D eigenvalue weighted by Gasteiger charge is 2.36. The van der Waals surface area contributed by atoms with Crippen LogP contribution in [-0.4, -0.2) is 55.9 Å². The zero-order chi connectivity index (χ0) is 27.1. The predicted octanol–water partition coefficient (Wildman–Crippen LogP) is 4.41. The van der Waals surface area contributed by atoms with Gasteiger partial charge in [-0.2, -0.15) is 23.3 Å². The molecule has 1 aliphatic heterocycles. The number of carbonyl (C=O) groups is 2. The molecule has 0 unspecified atom stereocenters. The monoisotopic (exact) mass is 532 g/mol. The highest BCUT2D eigenvalue weighted by Crippen LogP contribution is 2.41. The van der Waals surface area contributed by atoms with Crippen LogP contribution in [0.1, 0.15) is 36.1 Å².